The number of carbonyl (C=O) groups is 2. The monoisotopic (exact) mass is 253 g/mol. The van der Waals surface area contributed by atoms with Gasteiger partial charge in [0.05, 0.1) is 17.9 Å². The Kier molecular flexibility index (Phi) is 4.95. The summed E-state index contributed by atoms with van der Waals surface area (Å²) in [5, 5.41) is 20.3. The molecule has 18 heavy (non-hydrogen) atoms. The predicted molar refractivity (Wildman–Crippen MR) is 64.7 cm³/mol. The highest BCUT2D eigenvalue weighted by Crippen LogP contribution is 2.25. The summed E-state index contributed by atoms with van der Waals surface area (Å²) in [6.07, 6.45) is 1.80. The first-order valence-corrected chi connectivity index (χ1v) is 6.08. The minimum atomic E-state index is -0.793. The number of amides is 2. The molecule has 1 fully saturated rings. The maximum Gasteiger partial charge on any atom is 0.317 e. The fraction of sp³-hybridized carbons (Fsp3) is 0.750. The molecule has 6 nitrogen and oxygen atoms in total. The lowest BCUT2D eigenvalue weighted by molar-refractivity contribution is -0.141. The van der Waals surface area contributed by atoms with E-state index in [9.17, 15) is 9.59 Å². The Hall–Kier alpha value is -1.77. The van der Waals surface area contributed by atoms with Gasteiger partial charge in [-0.2, -0.15) is 5.26 Å². The number of aliphatic carboxylic acids is 1. The third kappa shape index (κ3) is 3.91. The van der Waals surface area contributed by atoms with Gasteiger partial charge in [-0.15, -0.1) is 0 Å². The summed E-state index contributed by atoms with van der Waals surface area (Å²) < 4.78 is 0. The van der Waals surface area contributed by atoms with Gasteiger partial charge in [-0.1, -0.05) is 0 Å². The molecule has 0 aromatic rings. The zero-order chi connectivity index (χ0) is 13.7. The molecule has 1 rings (SSSR count). The number of carboxylic acid groups (broad SMARTS) is 1. The summed E-state index contributed by atoms with van der Waals surface area (Å²) in [5.74, 6) is -1.35. The number of urea groups is 1. The van der Waals surface area contributed by atoms with Gasteiger partial charge in [-0.25, -0.2) is 4.79 Å². The van der Waals surface area contributed by atoms with Crippen molar-refractivity contribution in [1.29, 1.82) is 5.26 Å². The van der Waals surface area contributed by atoms with Crippen molar-refractivity contribution in [1.82, 2.24) is 10.2 Å². The summed E-state index contributed by atoms with van der Waals surface area (Å²) in [6.45, 7) is 2.12. The normalized spacial score (nSPS) is 24.1. The van der Waals surface area contributed by atoms with E-state index in [-0.39, 0.29) is 23.9 Å². The molecule has 1 aliphatic carbocycles. The van der Waals surface area contributed by atoms with Gasteiger partial charge in [0.25, 0.3) is 0 Å². The van der Waals surface area contributed by atoms with Gasteiger partial charge in [0.15, 0.2) is 0 Å². The molecule has 100 valence electrons. The van der Waals surface area contributed by atoms with E-state index in [1.54, 1.807) is 14.0 Å². The van der Waals surface area contributed by atoms with Crippen LogP contribution in [0, 0.1) is 23.2 Å². The highest BCUT2D eigenvalue weighted by Gasteiger charge is 2.31. The molecule has 0 aromatic heterocycles. The van der Waals surface area contributed by atoms with Gasteiger partial charge in [-0.05, 0) is 26.2 Å². The van der Waals surface area contributed by atoms with Crippen molar-refractivity contribution in [2.45, 2.75) is 32.2 Å². The Morgan fingerprint density at radius 1 is 1.56 bits per heavy atom. The molecular weight excluding hydrogens is 234 g/mol. The molecule has 0 bridgehead atoms. The van der Waals surface area contributed by atoms with E-state index < -0.39 is 5.97 Å². The van der Waals surface area contributed by atoms with Crippen molar-refractivity contribution in [3.63, 3.8) is 0 Å². The third-order valence-corrected chi connectivity index (χ3v) is 3.22. The van der Waals surface area contributed by atoms with Crippen molar-refractivity contribution in [2.75, 3.05) is 13.6 Å². The lowest BCUT2D eigenvalue weighted by Gasteiger charge is -2.21. The van der Waals surface area contributed by atoms with Crippen LogP contribution in [0.1, 0.15) is 26.2 Å². The second-order valence-electron chi connectivity index (χ2n) is 4.91. The van der Waals surface area contributed by atoms with E-state index in [0.717, 1.165) is 0 Å². The van der Waals surface area contributed by atoms with Gasteiger partial charge in [-0.3, -0.25) is 4.79 Å². The van der Waals surface area contributed by atoms with Crippen LogP contribution in [0.5, 0.6) is 0 Å². The quantitative estimate of drug-likeness (QED) is 0.782. The van der Waals surface area contributed by atoms with E-state index in [2.05, 4.69) is 11.4 Å². The Balaban J connectivity index is 2.37. The lowest BCUT2D eigenvalue weighted by atomic mass is 10.1. The molecule has 2 amide bonds. The predicted octanol–water partition coefficient (Wildman–Crippen LogP) is 1.04. The largest absolute Gasteiger partial charge is 0.481 e. The molecule has 0 heterocycles. The van der Waals surface area contributed by atoms with Crippen molar-refractivity contribution in [3.05, 3.63) is 0 Å². The molecule has 0 spiro atoms. The number of carbonyl (C=O) groups excluding carboxylic acids is 1. The minimum absolute atomic E-state index is 0.0709. The highest BCUT2D eigenvalue weighted by atomic mass is 16.4. The molecular formula is C12H19N3O3. The molecule has 1 aliphatic rings. The Bertz CT molecular complexity index is 364. The molecule has 6 heteroatoms. The van der Waals surface area contributed by atoms with Gasteiger partial charge in [0.1, 0.15) is 0 Å². The summed E-state index contributed by atoms with van der Waals surface area (Å²) in [7, 11) is 1.63. The third-order valence-electron chi connectivity index (χ3n) is 3.22. The van der Waals surface area contributed by atoms with Crippen LogP contribution >= 0.6 is 0 Å². The molecule has 0 aromatic carbocycles. The fourth-order valence-corrected chi connectivity index (χ4v) is 2.16. The van der Waals surface area contributed by atoms with Gasteiger partial charge in [0.2, 0.25) is 0 Å². The van der Waals surface area contributed by atoms with E-state index >= 15 is 0 Å². The Morgan fingerprint density at radius 3 is 2.72 bits per heavy atom. The minimum Gasteiger partial charge on any atom is -0.481 e. The summed E-state index contributed by atoms with van der Waals surface area (Å²) in [6, 6.07) is 1.75. The SMILES string of the molecule is CC(C#N)CN(C)C(=O)N[C@H]1CC[C@@H](C(=O)O)C1. The maximum atomic E-state index is 11.8. The molecule has 0 radical (unpaired) electrons. The van der Waals surface area contributed by atoms with Crippen LogP contribution in [0.3, 0.4) is 0 Å². The van der Waals surface area contributed by atoms with Crippen molar-refractivity contribution in [3.8, 4) is 6.07 Å². The smallest absolute Gasteiger partial charge is 0.317 e. The number of hydrogen-bond acceptors (Lipinski definition) is 3. The van der Waals surface area contributed by atoms with Crippen LogP contribution < -0.4 is 5.32 Å². The van der Waals surface area contributed by atoms with Crippen LogP contribution in [-0.2, 0) is 4.79 Å². The van der Waals surface area contributed by atoms with Crippen molar-refractivity contribution >= 4 is 12.0 Å². The number of carboxylic acids is 1. The van der Waals surface area contributed by atoms with E-state index in [1.165, 1.54) is 4.90 Å². The van der Waals surface area contributed by atoms with E-state index in [0.29, 0.717) is 25.8 Å². The highest BCUT2D eigenvalue weighted by molar-refractivity contribution is 5.75. The maximum absolute atomic E-state index is 11.8. The lowest BCUT2D eigenvalue weighted by Crippen LogP contribution is -2.43. The van der Waals surface area contributed by atoms with Crippen LogP contribution in [0.25, 0.3) is 0 Å². The molecule has 1 saturated carbocycles. The average molecular weight is 253 g/mol. The fourth-order valence-electron chi connectivity index (χ4n) is 2.16. The second-order valence-corrected chi connectivity index (χ2v) is 4.91. The molecule has 0 aliphatic heterocycles. The first-order valence-electron chi connectivity index (χ1n) is 6.08. The Morgan fingerprint density at radius 2 is 2.22 bits per heavy atom. The standard InChI is InChI=1S/C12H19N3O3/c1-8(6-13)7-15(2)12(18)14-10-4-3-9(5-10)11(16)17/h8-10H,3-5,7H2,1-2H3,(H,14,18)(H,16,17)/t8?,9-,10+/m1/s1. The zero-order valence-electron chi connectivity index (χ0n) is 10.7. The van der Waals surface area contributed by atoms with E-state index in [4.69, 9.17) is 10.4 Å². The van der Waals surface area contributed by atoms with Crippen molar-refractivity contribution in [2.24, 2.45) is 11.8 Å². The van der Waals surface area contributed by atoms with Crippen LogP contribution in [0.4, 0.5) is 4.79 Å². The summed E-state index contributed by atoms with van der Waals surface area (Å²) in [5.41, 5.74) is 0. The molecule has 0 saturated heterocycles. The number of nitriles is 1. The Labute approximate surface area is 107 Å². The topological polar surface area (TPSA) is 93.4 Å². The van der Waals surface area contributed by atoms with Crippen LogP contribution in [0.15, 0.2) is 0 Å². The summed E-state index contributed by atoms with van der Waals surface area (Å²) >= 11 is 0. The number of hydrogen-bond donors (Lipinski definition) is 2. The number of nitrogens with one attached hydrogen (secondary N) is 1. The second kappa shape index (κ2) is 6.24. The molecule has 3 atom stereocenters. The molecule has 1 unspecified atom stereocenters. The molecule has 2 N–H and O–H groups in total. The van der Waals surface area contributed by atoms with Crippen molar-refractivity contribution < 1.29 is 14.7 Å². The van der Waals surface area contributed by atoms with Gasteiger partial charge < -0.3 is 15.3 Å². The van der Waals surface area contributed by atoms with Crippen LogP contribution in [0.2, 0.25) is 0 Å². The first kappa shape index (κ1) is 14.3. The van der Waals surface area contributed by atoms with E-state index in [1.807, 2.05) is 0 Å². The van der Waals surface area contributed by atoms with Gasteiger partial charge >= 0.3 is 12.0 Å². The van der Waals surface area contributed by atoms with Gasteiger partial charge in [0, 0.05) is 19.6 Å². The number of rotatable bonds is 4. The zero-order valence-corrected chi connectivity index (χ0v) is 10.7. The summed E-state index contributed by atoms with van der Waals surface area (Å²) in [4.78, 5) is 24.0. The number of nitrogens with zero attached hydrogens (tertiary/aromatic N) is 2. The average Bonchev–Trinajstić information content (AvgIpc) is 2.77. The van der Waals surface area contributed by atoms with Crippen LogP contribution in [-0.4, -0.2) is 41.6 Å². The first-order chi connectivity index (χ1) is 8.43.